The highest BCUT2D eigenvalue weighted by atomic mass is 15.2. The molecule has 0 spiro atoms. The van der Waals surface area contributed by atoms with E-state index in [1.54, 1.807) is 0 Å². The average Bonchev–Trinajstić information content (AvgIpc) is 2.67. The van der Waals surface area contributed by atoms with Crippen LogP contribution in [0.25, 0.3) is 5.65 Å². The number of nitrogens with one attached hydrogen (secondary N) is 1. The lowest BCUT2D eigenvalue weighted by molar-refractivity contribution is 0.759. The summed E-state index contributed by atoms with van der Waals surface area (Å²) >= 11 is 0. The van der Waals surface area contributed by atoms with Crippen LogP contribution in [-0.2, 0) is 6.42 Å². The highest BCUT2D eigenvalue weighted by molar-refractivity contribution is 5.39. The molecule has 0 unspecified atom stereocenters. The quantitative estimate of drug-likeness (QED) is 0.848. The van der Waals surface area contributed by atoms with Crippen LogP contribution in [0.1, 0.15) is 31.2 Å². The molecule has 0 saturated heterocycles. The first-order valence-corrected chi connectivity index (χ1v) is 5.70. The number of rotatable bonds is 4. The van der Waals surface area contributed by atoms with E-state index in [2.05, 4.69) is 35.3 Å². The minimum atomic E-state index is 0.451. The van der Waals surface area contributed by atoms with Crippen molar-refractivity contribution in [1.82, 2.24) is 19.9 Å². The van der Waals surface area contributed by atoms with Crippen LogP contribution < -0.4 is 5.32 Å². The van der Waals surface area contributed by atoms with Gasteiger partial charge in [-0.1, -0.05) is 13.8 Å². The van der Waals surface area contributed by atoms with Gasteiger partial charge in [0.25, 0.3) is 0 Å². The van der Waals surface area contributed by atoms with E-state index in [9.17, 15) is 0 Å². The first-order valence-electron chi connectivity index (χ1n) is 5.70. The lowest BCUT2D eigenvalue weighted by atomic mass is 10.1. The van der Waals surface area contributed by atoms with Gasteiger partial charge in [0.1, 0.15) is 0 Å². The predicted molar refractivity (Wildman–Crippen MR) is 64.7 cm³/mol. The van der Waals surface area contributed by atoms with Gasteiger partial charge >= 0.3 is 0 Å². The Hall–Kier alpha value is -1.42. The molecule has 0 amide bonds. The van der Waals surface area contributed by atoms with Crippen molar-refractivity contribution < 1.29 is 0 Å². The van der Waals surface area contributed by atoms with Gasteiger partial charge in [-0.2, -0.15) is 5.10 Å². The second-order valence-electron chi connectivity index (χ2n) is 4.30. The van der Waals surface area contributed by atoms with Crippen LogP contribution in [0.5, 0.6) is 0 Å². The lowest BCUT2D eigenvalue weighted by Gasteiger charge is -2.02. The van der Waals surface area contributed by atoms with Crippen LogP contribution in [0.3, 0.4) is 0 Å². The Kier molecular flexibility index (Phi) is 3.19. The molecule has 86 valence electrons. The molecule has 0 bridgehead atoms. The Bertz CT molecular complexity index is 473. The fourth-order valence-corrected chi connectivity index (χ4v) is 1.63. The number of hydrogen-bond donors (Lipinski definition) is 1. The molecular formula is C12H18N4. The Labute approximate surface area is 95.7 Å². The van der Waals surface area contributed by atoms with Crippen LogP contribution in [0.4, 0.5) is 0 Å². The van der Waals surface area contributed by atoms with Gasteiger partial charge in [0.2, 0.25) is 0 Å². The van der Waals surface area contributed by atoms with Crippen LogP contribution in [0.15, 0.2) is 18.3 Å². The number of hydrogen-bond acceptors (Lipinski definition) is 3. The fourth-order valence-electron chi connectivity index (χ4n) is 1.63. The van der Waals surface area contributed by atoms with E-state index in [-0.39, 0.29) is 0 Å². The van der Waals surface area contributed by atoms with E-state index in [1.165, 1.54) is 0 Å². The summed E-state index contributed by atoms with van der Waals surface area (Å²) in [5, 5.41) is 7.66. The summed E-state index contributed by atoms with van der Waals surface area (Å²) in [4.78, 5) is 4.51. The van der Waals surface area contributed by atoms with Gasteiger partial charge in [0.05, 0.1) is 17.6 Å². The SMILES string of the molecule is CNCCc1cn2nc(C(C)C)ccc2n1. The maximum atomic E-state index is 4.54. The van der Waals surface area contributed by atoms with Gasteiger partial charge in [-0.15, -0.1) is 0 Å². The van der Waals surface area contributed by atoms with Gasteiger partial charge < -0.3 is 5.32 Å². The Morgan fingerprint density at radius 2 is 2.19 bits per heavy atom. The van der Waals surface area contributed by atoms with E-state index >= 15 is 0 Å². The number of imidazole rings is 1. The summed E-state index contributed by atoms with van der Waals surface area (Å²) in [6, 6.07) is 4.08. The van der Waals surface area contributed by atoms with Crippen LogP contribution in [0.2, 0.25) is 0 Å². The zero-order valence-electron chi connectivity index (χ0n) is 10.1. The van der Waals surface area contributed by atoms with Gasteiger partial charge in [0, 0.05) is 13.0 Å². The molecule has 2 aromatic rings. The number of fused-ring (bicyclic) bond motifs is 1. The molecule has 2 rings (SSSR count). The van der Waals surface area contributed by atoms with Crippen molar-refractivity contribution in [1.29, 1.82) is 0 Å². The highest BCUT2D eigenvalue weighted by Gasteiger charge is 2.05. The largest absolute Gasteiger partial charge is 0.319 e. The first kappa shape index (κ1) is 11.1. The smallest absolute Gasteiger partial charge is 0.153 e. The maximum absolute atomic E-state index is 4.54. The molecule has 0 aliphatic heterocycles. The predicted octanol–water partition coefficient (Wildman–Crippen LogP) is 1.61. The summed E-state index contributed by atoms with van der Waals surface area (Å²) in [6.07, 6.45) is 2.95. The monoisotopic (exact) mass is 218 g/mol. The minimum Gasteiger partial charge on any atom is -0.319 e. The maximum Gasteiger partial charge on any atom is 0.153 e. The van der Waals surface area contributed by atoms with Crippen LogP contribution in [-0.4, -0.2) is 28.2 Å². The standard InChI is InChI=1S/C12H18N4/c1-9(2)11-4-5-12-14-10(6-7-13-3)8-16(12)15-11/h4-5,8-9,13H,6-7H2,1-3H3. The summed E-state index contributed by atoms with van der Waals surface area (Å²) in [7, 11) is 1.95. The van der Waals surface area contributed by atoms with Crippen molar-refractivity contribution in [3.63, 3.8) is 0 Å². The third kappa shape index (κ3) is 2.22. The van der Waals surface area contributed by atoms with Crippen LogP contribution >= 0.6 is 0 Å². The Morgan fingerprint density at radius 1 is 1.38 bits per heavy atom. The van der Waals surface area contributed by atoms with Gasteiger partial charge in [-0.05, 0) is 25.1 Å². The normalized spacial score (nSPS) is 11.5. The second-order valence-corrected chi connectivity index (χ2v) is 4.30. The molecule has 0 radical (unpaired) electrons. The zero-order chi connectivity index (χ0) is 11.5. The van der Waals surface area contributed by atoms with Gasteiger partial charge in [0.15, 0.2) is 5.65 Å². The van der Waals surface area contributed by atoms with Crippen molar-refractivity contribution in [2.24, 2.45) is 0 Å². The van der Waals surface area contributed by atoms with Crippen molar-refractivity contribution in [3.8, 4) is 0 Å². The molecule has 0 atom stereocenters. The number of likely N-dealkylation sites (N-methyl/N-ethyl adjacent to an activating group) is 1. The Balaban J connectivity index is 2.30. The minimum absolute atomic E-state index is 0.451. The number of nitrogens with zero attached hydrogens (tertiary/aromatic N) is 3. The van der Waals surface area contributed by atoms with E-state index < -0.39 is 0 Å². The zero-order valence-corrected chi connectivity index (χ0v) is 10.1. The molecule has 16 heavy (non-hydrogen) atoms. The molecule has 0 aliphatic carbocycles. The summed E-state index contributed by atoms with van der Waals surface area (Å²) in [5.74, 6) is 0.451. The van der Waals surface area contributed by atoms with Crippen molar-refractivity contribution >= 4 is 5.65 Å². The van der Waals surface area contributed by atoms with Crippen molar-refractivity contribution in [3.05, 3.63) is 29.7 Å². The third-order valence-corrected chi connectivity index (χ3v) is 2.61. The van der Waals surface area contributed by atoms with E-state index in [0.717, 1.165) is 30.0 Å². The van der Waals surface area contributed by atoms with Crippen molar-refractivity contribution in [2.45, 2.75) is 26.2 Å². The van der Waals surface area contributed by atoms with E-state index in [0.29, 0.717) is 5.92 Å². The summed E-state index contributed by atoms with van der Waals surface area (Å²) < 4.78 is 1.88. The third-order valence-electron chi connectivity index (χ3n) is 2.61. The molecular weight excluding hydrogens is 200 g/mol. The van der Waals surface area contributed by atoms with Crippen LogP contribution in [0, 0.1) is 0 Å². The van der Waals surface area contributed by atoms with Gasteiger partial charge in [-0.25, -0.2) is 9.50 Å². The Morgan fingerprint density at radius 3 is 2.88 bits per heavy atom. The second kappa shape index (κ2) is 4.61. The molecule has 0 fully saturated rings. The average molecular weight is 218 g/mol. The van der Waals surface area contributed by atoms with Gasteiger partial charge in [-0.3, -0.25) is 0 Å². The molecule has 2 heterocycles. The summed E-state index contributed by atoms with van der Waals surface area (Å²) in [5.41, 5.74) is 3.11. The van der Waals surface area contributed by atoms with Crippen molar-refractivity contribution in [2.75, 3.05) is 13.6 Å². The summed E-state index contributed by atoms with van der Waals surface area (Å²) in [6.45, 7) is 5.24. The highest BCUT2D eigenvalue weighted by Crippen LogP contribution is 2.12. The van der Waals surface area contributed by atoms with E-state index in [1.807, 2.05) is 23.8 Å². The molecule has 4 heteroatoms. The molecule has 0 aliphatic rings. The topological polar surface area (TPSA) is 42.2 Å². The molecule has 0 aromatic carbocycles. The first-order chi connectivity index (χ1) is 7.70. The molecule has 1 N–H and O–H groups in total. The fraction of sp³-hybridized carbons (Fsp3) is 0.500. The van der Waals surface area contributed by atoms with E-state index in [4.69, 9.17) is 0 Å². The number of aromatic nitrogens is 3. The molecule has 0 saturated carbocycles. The molecule has 2 aromatic heterocycles. The lowest BCUT2D eigenvalue weighted by Crippen LogP contribution is -2.10. The molecule has 4 nitrogen and oxygen atoms in total.